The number of thiazole rings is 1. The molecule has 1 amide bonds. The van der Waals surface area contributed by atoms with Crippen LogP contribution < -0.4 is 10.2 Å². The highest BCUT2D eigenvalue weighted by Gasteiger charge is 2.17. The second-order valence-electron chi connectivity index (χ2n) is 7.77. The van der Waals surface area contributed by atoms with Gasteiger partial charge in [0.15, 0.2) is 5.13 Å². The van der Waals surface area contributed by atoms with Crippen LogP contribution >= 0.6 is 11.3 Å². The molecule has 0 saturated carbocycles. The SMILES string of the molecule is COC(=O)c1cc(-c2csc(NC(=O)c3ccc(N4CCc5ccccc5C4)cc3)n2)c[nH]1. The number of aromatic amines is 1. The fourth-order valence-corrected chi connectivity index (χ4v) is 4.66. The second-order valence-corrected chi connectivity index (χ2v) is 8.63. The molecule has 0 saturated heterocycles. The molecule has 2 aromatic carbocycles. The van der Waals surface area contributed by atoms with Crippen LogP contribution in [0.2, 0.25) is 0 Å². The highest BCUT2D eigenvalue weighted by atomic mass is 32.1. The number of hydrogen-bond acceptors (Lipinski definition) is 6. The van der Waals surface area contributed by atoms with Crippen molar-refractivity contribution >= 4 is 34.0 Å². The maximum atomic E-state index is 12.7. The van der Waals surface area contributed by atoms with Gasteiger partial charge in [0, 0.05) is 41.5 Å². The maximum absolute atomic E-state index is 12.7. The molecule has 4 aromatic rings. The van der Waals surface area contributed by atoms with Gasteiger partial charge in [0.2, 0.25) is 0 Å². The molecular formula is C25H22N4O3S. The van der Waals surface area contributed by atoms with Crippen LogP contribution in [0.4, 0.5) is 10.8 Å². The number of amides is 1. The van der Waals surface area contributed by atoms with Gasteiger partial charge in [0.1, 0.15) is 5.69 Å². The molecule has 5 rings (SSSR count). The molecule has 3 heterocycles. The smallest absolute Gasteiger partial charge is 0.354 e. The molecule has 2 N–H and O–H groups in total. The highest BCUT2D eigenvalue weighted by molar-refractivity contribution is 7.14. The Morgan fingerprint density at radius 3 is 2.70 bits per heavy atom. The van der Waals surface area contributed by atoms with Crippen molar-refractivity contribution in [2.75, 3.05) is 23.9 Å². The van der Waals surface area contributed by atoms with Crippen LogP contribution in [-0.4, -0.2) is 35.5 Å². The number of nitrogens with one attached hydrogen (secondary N) is 2. The number of hydrogen-bond donors (Lipinski definition) is 2. The Bertz CT molecular complexity index is 1310. The monoisotopic (exact) mass is 458 g/mol. The van der Waals surface area contributed by atoms with Gasteiger partial charge < -0.3 is 14.6 Å². The first kappa shape index (κ1) is 21.0. The van der Waals surface area contributed by atoms with Crippen LogP contribution in [0.25, 0.3) is 11.3 Å². The Morgan fingerprint density at radius 2 is 1.91 bits per heavy atom. The summed E-state index contributed by atoms with van der Waals surface area (Å²) in [6.45, 7) is 1.84. The van der Waals surface area contributed by atoms with Crippen LogP contribution in [0.1, 0.15) is 32.0 Å². The number of carbonyl (C=O) groups excluding carboxylic acids is 2. The number of methoxy groups -OCH3 is 1. The third kappa shape index (κ3) is 4.38. The maximum Gasteiger partial charge on any atom is 0.354 e. The third-order valence-corrected chi connectivity index (χ3v) is 6.49. The van der Waals surface area contributed by atoms with Gasteiger partial charge in [-0.1, -0.05) is 24.3 Å². The minimum Gasteiger partial charge on any atom is -0.464 e. The van der Waals surface area contributed by atoms with Crippen LogP contribution in [-0.2, 0) is 17.7 Å². The second kappa shape index (κ2) is 8.91. The van der Waals surface area contributed by atoms with E-state index in [0.29, 0.717) is 22.1 Å². The van der Waals surface area contributed by atoms with Crippen molar-refractivity contribution in [3.8, 4) is 11.3 Å². The Labute approximate surface area is 195 Å². The summed E-state index contributed by atoms with van der Waals surface area (Å²) in [5.41, 5.74) is 6.21. The molecule has 7 nitrogen and oxygen atoms in total. The predicted molar refractivity (Wildman–Crippen MR) is 129 cm³/mol. The summed E-state index contributed by atoms with van der Waals surface area (Å²) < 4.78 is 4.71. The first-order valence-electron chi connectivity index (χ1n) is 10.6. The summed E-state index contributed by atoms with van der Waals surface area (Å²) in [6, 6.07) is 17.9. The first-order valence-corrected chi connectivity index (χ1v) is 11.4. The van der Waals surface area contributed by atoms with Crippen LogP contribution in [0.3, 0.4) is 0 Å². The summed E-state index contributed by atoms with van der Waals surface area (Å²) in [5, 5.41) is 5.18. The average Bonchev–Trinajstić information content (AvgIpc) is 3.53. The van der Waals surface area contributed by atoms with E-state index in [0.717, 1.165) is 30.8 Å². The van der Waals surface area contributed by atoms with Crippen LogP contribution in [0, 0.1) is 0 Å². The van der Waals surface area contributed by atoms with Gasteiger partial charge in [0.25, 0.3) is 5.91 Å². The molecule has 2 aromatic heterocycles. The van der Waals surface area contributed by atoms with Gasteiger partial charge in [-0.25, -0.2) is 9.78 Å². The summed E-state index contributed by atoms with van der Waals surface area (Å²) >= 11 is 1.33. The lowest BCUT2D eigenvalue weighted by Crippen LogP contribution is -2.30. The summed E-state index contributed by atoms with van der Waals surface area (Å²) in [7, 11) is 1.33. The van der Waals surface area contributed by atoms with Crippen LogP contribution in [0.15, 0.2) is 66.2 Å². The zero-order chi connectivity index (χ0) is 22.8. The number of esters is 1. The quantitative estimate of drug-likeness (QED) is 0.422. The fraction of sp³-hybridized carbons (Fsp3) is 0.160. The highest BCUT2D eigenvalue weighted by Crippen LogP contribution is 2.27. The Kier molecular flexibility index (Phi) is 5.66. The Balaban J connectivity index is 1.24. The molecule has 0 atom stereocenters. The summed E-state index contributed by atoms with van der Waals surface area (Å²) in [4.78, 5) is 34.0. The lowest BCUT2D eigenvalue weighted by atomic mass is 9.99. The summed E-state index contributed by atoms with van der Waals surface area (Å²) in [5.74, 6) is -0.655. The minimum absolute atomic E-state index is 0.212. The standard InChI is InChI=1S/C25H22N4O3S/c1-32-24(31)21-12-19(13-26-21)22-15-33-25(27-22)28-23(30)17-6-8-20(9-7-17)29-11-10-16-4-2-3-5-18(16)14-29/h2-9,12-13,15,26H,10-11,14H2,1H3,(H,27,28,30). The van der Waals surface area contributed by atoms with E-state index in [2.05, 4.69) is 44.5 Å². The van der Waals surface area contributed by atoms with Crippen molar-refractivity contribution < 1.29 is 14.3 Å². The van der Waals surface area contributed by atoms with Crippen molar-refractivity contribution in [1.29, 1.82) is 0 Å². The largest absolute Gasteiger partial charge is 0.464 e. The van der Waals surface area contributed by atoms with E-state index < -0.39 is 5.97 Å². The van der Waals surface area contributed by atoms with E-state index in [1.165, 1.54) is 29.6 Å². The van der Waals surface area contributed by atoms with Gasteiger partial charge in [-0.3, -0.25) is 10.1 Å². The van der Waals surface area contributed by atoms with E-state index in [9.17, 15) is 9.59 Å². The molecule has 0 aliphatic carbocycles. The number of nitrogens with zero attached hydrogens (tertiary/aromatic N) is 2. The lowest BCUT2D eigenvalue weighted by molar-refractivity contribution is 0.0594. The molecule has 8 heteroatoms. The number of anilines is 2. The number of fused-ring (bicyclic) bond motifs is 1. The van der Waals surface area contributed by atoms with Crippen molar-refractivity contribution in [1.82, 2.24) is 9.97 Å². The first-order chi connectivity index (χ1) is 16.1. The Hall–Kier alpha value is -3.91. The number of ether oxygens (including phenoxy) is 1. The van der Waals surface area contributed by atoms with E-state index in [4.69, 9.17) is 4.74 Å². The van der Waals surface area contributed by atoms with Gasteiger partial charge in [-0.05, 0) is 47.9 Å². The van der Waals surface area contributed by atoms with Gasteiger partial charge in [-0.15, -0.1) is 11.3 Å². The van der Waals surface area contributed by atoms with Crippen molar-refractivity contribution in [3.05, 3.63) is 88.6 Å². The molecule has 33 heavy (non-hydrogen) atoms. The molecule has 0 fully saturated rings. The van der Waals surface area contributed by atoms with Crippen LogP contribution in [0.5, 0.6) is 0 Å². The molecule has 0 spiro atoms. The van der Waals surface area contributed by atoms with E-state index >= 15 is 0 Å². The molecule has 0 unspecified atom stereocenters. The normalized spacial score (nSPS) is 12.8. The predicted octanol–water partition coefficient (Wildman–Crippen LogP) is 4.74. The molecule has 0 bridgehead atoms. The minimum atomic E-state index is -0.442. The average molecular weight is 459 g/mol. The van der Waals surface area contributed by atoms with Crippen molar-refractivity contribution in [2.24, 2.45) is 0 Å². The van der Waals surface area contributed by atoms with E-state index in [1.54, 1.807) is 12.3 Å². The lowest BCUT2D eigenvalue weighted by Gasteiger charge is -2.30. The zero-order valence-corrected chi connectivity index (χ0v) is 18.8. The van der Waals surface area contributed by atoms with Gasteiger partial charge in [0.05, 0.1) is 12.8 Å². The molecule has 1 aliphatic rings. The zero-order valence-electron chi connectivity index (χ0n) is 18.0. The topological polar surface area (TPSA) is 87.3 Å². The molecule has 166 valence electrons. The number of aromatic nitrogens is 2. The fourth-order valence-electron chi connectivity index (χ4n) is 3.94. The molecular weight excluding hydrogens is 436 g/mol. The van der Waals surface area contributed by atoms with E-state index in [-0.39, 0.29) is 5.91 Å². The van der Waals surface area contributed by atoms with Gasteiger partial charge >= 0.3 is 5.97 Å². The number of H-pyrrole nitrogens is 1. The Morgan fingerprint density at radius 1 is 1.12 bits per heavy atom. The summed E-state index contributed by atoms with van der Waals surface area (Å²) in [6.07, 6.45) is 2.71. The number of rotatable bonds is 5. The number of carbonyl (C=O) groups is 2. The number of benzene rings is 2. The van der Waals surface area contributed by atoms with E-state index in [1.807, 2.05) is 29.6 Å². The van der Waals surface area contributed by atoms with Gasteiger partial charge in [-0.2, -0.15) is 0 Å². The third-order valence-electron chi connectivity index (χ3n) is 5.73. The van der Waals surface area contributed by atoms with Crippen molar-refractivity contribution in [3.63, 3.8) is 0 Å². The van der Waals surface area contributed by atoms with Crippen molar-refractivity contribution in [2.45, 2.75) is 13.0 Å². The molecule has 0 radical (unpaired) electrons. The molecule has 1 aliphatic heterocycles.